The zero-order valence-electron chi connectivity index (χ0n) is 17.5. The Balaban J connectivity index is 1.91. The molecule has 0 saturated heterocycles. The first-order valence-corrected chi connectivity index (χ1v) is 9.86. The fraction of sp³-hybridized carbons (Fsp3) is 0.450. The predicted molar refractivity (Wildman–Crippen MR) is 112 cm³/mol. The number of rotatable bonds is 10. The van der Waals surface area contributed by atoms with Gasteiger partial charge in [0.2, 0.25) is 11.8 Å². The van der Waals surface area contributed by atoms with Crippen LogP contribution >= 0.6 is 0 Å². The van der Waals surface area contributed by atoms with E-state index < -0.39 is 17.4 Å². The number of nitrogens with zero attached hydrogens (tertiary/aromatic N) is 3. The summed E-state index contributed by atoms with van der Waals surface area (Å²) in [4.78, 5) is 52.6. The molecule has 2 heterocycles. The van der Waals surface area contributed by atoms with E-state index in [1.54, 1.807) is 13.1 Å². The molecule has 30 heavy (non-hydrogen) atoms. The van der Waals surface area contributed by atoms with Gasteiger partial charge in [-0.15, -0.1) is 0 Å². The van der Waals surface area contributed by atoms with Crippen LogP contribution < -0.4 is 21.5 Å². The summed E-state index contributed by atoms with van der Waals surface area (Å²) >= 11 is 0. The third-order valence-corrected chi connectivity index (χ3v) is 4.81. The van der Waals surface area contributed by atoms with Crippen LogP contribution in [0.4, 0.5) is 5.69 Å². The van der Waals surface area contributed by atoms with Crippen molar-refractivity contribution in [3.8, 4) is 0 Å². The number of amides is 3. The van der Waals surface area contributed by atoms with Gasteiger partial charge in [-0.25, -0.2) is 4.98 Å². The van der Waals surface area contributed by atoms with Crippen molar-refractivity contribution in [1.29, 1.82) is 0 Å². The normalized spacial score (nSPS) is 10.7. The smallest absolute Gasteiger partial charge is 0.274 e. The van der Waals surface area contributed by atoms with Crippen molar-refractivity contribution in [2.24, 2.45) is 13.0 Å². The molecule has 0 aromatic carbocycles. The summed E-state index contributed by atoms with van der Waals surface area (Å²) in [6.45, 7) is 4.24. The van der Waals surface area contributed by atoms with Crippen molar-refractivity contribution in [2.45, 2.75) is 33.2 Å². The van der Waals surface area contributed by atoms with Crippen LogP contribution in [-0.4, -0.2) is 44.9 Å². The highest BCUT2D eigenvalue weighted by Gasteiger charge is 2.14. The average Bonchev–Trinajstić information content (AvgIpc) is 3.16. The number of imidazole rings is 1. The summed E-state index contributed by atoms with van der Waals surface area (Å²) < 4.78 is 2.75. The van der Waals surface area contributed by atoms with E-state index in [0.717, 1.165) is 12.8 Å². The zero-order chi connectivity index (χ0) is 22.1. The lowest BCUT2D eigenvalue weighted by molar-refractivity contribution is -0.122. The van der Waals surface area contributed by atoms with Gasteiger partial charge in [0.05, 0.1) is 19.1 Å². The van der Waals surface area contributed by atoms with Gasteiger partial charge in [-0.3, -0.25) is 19.2 Å². The Hall–Kier alpha value is -3.43. The predicted octanol–water partition coefficient (Wildman–Crippen LogP) is 0.503. The van der Waals surface area contributed by atoms with E-state index in [4.69, 9.17) is 0 Å². The summed E-state index contributed by atoms with van der Waals surface area (Å²) in [5, 5.41) is 7.76. The maximum atomic E-state index is 12.5. The molecule has 10 nitrogen and oxygen atoms in total. The minimum Gasteiger partial charge on any atom is -0.354 e. The van der Waals surface area contributed by atoms with E-state index >= 15 is 0 Å². The highest BCUT2D eigenvalue weighted by molar-refractivity contribution is 5.98. The number of aromatic nitrogens is 3. The van der Waals surface area contributed by atoms with Gasteiger partial charge in [0.1, 0.15) is 17.9 Å². The average molecular weight is 416 g/mol. The fourth-order valence-electron chi connectivity index (χ4n) is 2.82. The molecule has 2 aromatic heterocycles. The number of pyridine rings is 1. The van der Waals surface area contributed by atoms with Crippen LogP contribution in [0.5, 0.6) is 0 Å². The Morgan fingerprint density at radius 3 is 2.50 bits per heavy atom. The van der Waals surface area contributed by atoms with Gasteiger partial charge in [-0.2, -0.15) is 0 Å². The number of carbonyl (C=O) groups excluding carboxylic acids is 3. The number of carbonyl (C=O) groups is 3. The Morgan fingerprint density at radius 2 is 1.87 bits per heavy atom. The van der Waals surface area contributed by atoms with Crippen LogP contribution in [0.1, 0.15) is 37.2 Å². The molecule has 0 saturated carbocycles. The van der Waals surface area contributed by atoms with Gasteiger partial charge < -0.3 is 25.1 Å². The minimum absolute atomic E-state index is 0.0325. The minimum atomic E-state index is -0.557. The molecule has 0 bridgehead atoms. The first kappa shape index (κ1) is 22.9. The number of anilines is 1. The zero-order valence-corrected chi connectivity index (χ0v) is 17.5. The maximum Gasteiger partial charge on any atom is 0.274 e. The Bertz CT molecular complexity index is 945. The molecule has 0 fully saturated rings. The number of nitrogens with one attached hydrogen (secondary N) is 3. The van der Waals surface area contributed by atoms with Crippen LogP contribution in [0.15, 0.2) is 35.6 Å². The van der Waals surface area contributed by atoms with E-state index in [9.17, 15) is 19.2 Å². The molecule has 0 unspecified atom stereocenters. The Kier molecular flexibility index (Phi) is 8.33. The van der Waals surface area contributed by atoms with E-state index in [0.29, 0.717) is 18.2 Å². The van der Waals surface area contributed by atoms with Crippen LogP contribution in [-0.2, 0) is 23.2 Å². The molecule has 0 radical (unpaired) electrons. The van der Waals surface area contributed by atoms with Crippen molar-refractivity contribution in [2.75, 3.05) is 18.4 Å². The molecule has 3 N–H and O–H groups in total. The quantitative estimate of drug-likeness (QED) is 0.520. The van der Waals surface area contributed by atoms with Crippen LogP contribution in [0.3, 0.4) is 0 Å². The molecule has 0 aliphatic heterocycles. The third kappa shape index (κ3) is 6.29. The molecule has 0 atom stereocenters. The molecular weight excluding hydrogens is 388 g/mol. The first-order valence-electron chi connectivity index (χ1n) is 9.86. The molecule has 0 aliphatic rings. The highest BCUT2D eigenvalue weighted by atomic mass is 16.2. The summed E-state index contributed by atoms with van der Waals surface area (Å²) in [5.74, 6) is -0.878. The largest absolute Gasteiger partial charge is 0.354 e. The van der Waals surface area contributed by atoms with Gasteiger partial charge in [0.25, 0.3) is 11.5 Å². The Labute approximate surface area is 174 Å². The lowest BCUT2D eigenvalue weighted by Gasteiger charge is -2.14. The van der Waals surface area contributed by atoms with E-state index in [1.165, 1.54) is 33.9 Å². The van der Waals surface area contributed by atoms with Crippen LogP contribution in [0.2, 0.25) is 0 Å². The second kappa shape index (κ2) is 10.9. The van der Waals surface area contributed by atoms with E-state index in [1.807, 2.05) is 0 Å². The Morgan fingerprint density at radius 1 is 1.13 bits per heavy atom. The molecule has 3 amide bonds. The number of aryl methyl sites for hydroxylation is 1. The molecule has 2 rings (SSSR count). The van der Waals surface area contributed by atoms with Gasteiger partial charge in [-0.1, -0.05) is 26.7 Å². The lowest BCUT2D eigenvalue weighted by atomic mass is 10.0. The SMILES string of the molecule is CCC(CC)CNC(=O)Cn1cccc(NC(=O)CNC(=O)c2cncn2C)c1=O. The second-order valence-electron chi connectivity index (χ2n) is 6.96. The van der Waals surface area contributed by atoms with Crippen molar-refractivity contribution in [3.05, 3.63) is 46.9 Å². The van der Waals surface area contributed by atoms with Gasteiger partial charge in [0, 0.05) is 19.8 Å². The second-order valence-corrected chi connectivity index (χ2v) is 6.96. The molecule has 0 aliphatic carbocycles. The maximum absolute atomic E-state index is 12.5. The van der Waals surface area contributed by atoms with Crippen LogP contribution in [0, 0.1) is 5.92 Å². The summed E-state index contributed by atoms with van der Waals surface area (Å²) in [6.07, 6.45) is 6.28. The van der Waals surface area contributed by atoms with E-state index in [-0.39, 0.29) is 24.7 Å². The summed E-state index contributed by atoms with van der Waals surface area (Å²) in [6, 6.07) is 3.02. The molecule has 10 heteroatoms. The number of hydrogen-bond acceptors (Lipinski definition) is 5. The third-order valence-electron chi connectivity index (χ3n) is 4.81. The fourth-order valence-corrected chi connectivity index (χ4v) is 2.82. The van der Waals surface area contributed by atoms with Crippen molar-refractivity contribution < 1.29 is 14.4 Å². The van der Waals surface area contributed by atoms with Crippen molar-refractivity contribution in [1.82, 2.24) is 24.8 Å². The number of hydrogen-bond donors (Lipinski definition) is 3. The van der Waals surface area contributed by atoms with Crippen molar-refractivity contribution >= 4 is 23.4 Å². The summed E-state index contributed by atoms with van der Waals surface area (Å²) in [5.41, 5.74) is -0.157. The van der Waals surface area contributed by atoms with Gasteiger partial charge in [-0.05, 0) is 18.1 Å². The summed E-state index contributed by atoms with van der Waals surface area (Å²) in [7, 11) is 1.66. The topological polar surface area (TPSA) is 127 Å². The van der Waals surface area contributed by atoms with Gasteiger partial charge >= 0.3 is 0 Å². The van der Waals surface area contributed by atoms with Gasteiger partial charge in [0.15, 0.2) is 0 Å². The van der Waals surface area contributed by atoms with Crippen molar-refractivity contribution in [3.63, 3.8) is 0 Å². The highest BCUT2D eigenvalue weighted by Crippen LogP contribution is 2.05. The standard InChI is InChI=1S/C20H28N6O4/c1-4-14(5-2)9-22-18(28)12-26-8-6-7-15(20(26)30)24-17(27)11-23-19(29)16-10-21-13-25(16)3/h6-8,10,13-14H,4-5,9,11-12H2,1-3H3,(H,22,28)(H,23,29)(H,24,27). The van der Waals surface area contributed by atoms with Crippen LogP contribution in [0.25, 0.3) is 0 Å². The first-order chi connectivity index (χ1) is 14.3. The molecular formula is C20H28N6O4. The molecule has 2 aromatic rings. The van der Waals surface area contributed by atoms with E-state index in [2.05, 4.69) is 34.8 Å². The molecule has 0 spiro atoms. The monoisotopic (exact) mass is 416 g/mol. The molecule has 162 valence electrons. The lowest BCUT2D eigenvalue weighted by Crippen LogP contribution is -2.37.